The van der Waals surface area contributed by atoms with Crippen LogP contribution in [0.5, 0.6) is 5.88 Å². The predicted molar refractivity (Wildman–Crippen MR) is 102 cm³/mol. The Bertz CT molecular complexity index is 906. The number of alkyl halides is 3. The Balaban J connectivity index is 1.78. The molecule has 0 saturated carbocycles. The molecule has 2 aromatic rings. The van der Waals surface area contributed by atoms with Crippen LogP contribution in [0.1, 0.15) is 25.3 Å². The minimum atomic E-state index is -4.41. The smallest absolute Gasteiger partial charge is 0.446 e. The van der Waals surface area contributed by atoms with Crippen LogP contribution in [0.2, 0.25) is 0 Å². The van der Waals surface area contributed by atoms with Gasteiger partial charge in [-0.15, -0.1) is 0 Å². The molecule has 1 aliphatic rings. The number of carbonyl (C=O) groups excluding carboxylic acids is 2. The molecule has 6 nitrogen and oxygen atoms in total. The summed E-state index contributed by atoms with van der Waals surface area (Å²) in [7, 11) is 0. The quantitative estimate of drug-likeness (QED) is 0.551. The van der Waals surface area contributed by atoms with E-state index in [0.29, 0.717) is 12.5 Å². The molecule has 2 heterocycles. The zero-order chi connectivity index (χ0) is 21.2. The number of thioether (sulfide) groups is 1. The third kappa shape index (κ3) is 4.81. The fourth-order valence-corrected chi connectivity index (χ4v) is 3.55. The summed E-state index contributed by atoms with van der Waals surface area (Å²) < 4.78 is 42.8. The third-order valence-electron chi connectivity index (χ3n) is 4.37. The Morgan fingerprint density at radius 3 is 2.55 bits per heavy atom. The topological polar surface area (TPSA) is 71.5 Å². The van der Waals surface area contributed by atoms with Crippen LogP contribution in [-0.4, -0.2) is 35.1 Å². The molecule has 2 unspecified atom stereocenters. The Labute approximate surface area is 169 Å². The van der Waals surface area contributed by atoms with Gasteiger partial charge in [-0.2, -0.15) is 13.2 Å². The lowest BCUT2D eigenvalue weighted by Crippen LogP contribution is -2.34. The standard InChI is InChI=1S/C19H18F3N3O3S/c1-3-28-15-10-12(8-9-23-15)11(2)16-17(26)25(18(27)24-16)13-4-6-14(7-5-13)29-19(20,21)22/h4-11,16H,3H2,1-2H3,(H,24,27). The summed E-state index contributed by atoms with van der Waals surface area (Å²) >= 11 is -0.260. The number of hydrogen-bond donors (Lipinski definition) is 1. The van der Waals surface area contributed by atoms with Crippen molar-refractivity contribution in [2.24, 2.45) is 0 Å². The van der Waals surface area contributed by atoms with Gasteiger partial charge < -0.3 is 10.1 Å². The Kier molecular flexibility index (Phi) is 6.02. The van der Waals surface area contributed by atoms with Crippen molar-refractivity contribution in [3.63, 3.8) is 0 Å². The van der Waals surface area contributed by atoms with Gasteiger partial charge in [0.05, 0.1) is 12.3 Å². The van der Waals surface area contributed by atoms with Gasteiger partial charge in [-0.1, -0.05) is 6.92 Å². The summed E-state index contributed by atoms with van der Waals surface area (Å²) in [5.41, 5.74) is -3.44. The second-order valence-electron chi connectivity index (χ2n) is 6.29. The molecule has 2 atom stereocenters. The number of amides is 3. The molecule has 1 fully saturated rings. The van der Waals surface area contributed by atoms with Gasteiger partial charge in [0.25, 0.3) is 5.91 Å². The van der Waals surface area contributed by atoms with Gasteiger partial charge in [-0.05, 0) is 54.6 Å². The monoisotopic (exact) mass is 425 g/mol. The number of nitrogens with zero attached hydrogens (tertiary/aromatic N) is 2. The number of ether oxygens (including phenoxy) is 1. The van der Waals surface area contributed by atoms with Crippen molar-refractivity contribution in [3.8, 4) is 5.88 Å². The first kappa shape index (κ1) is 21.0. The van der Waals surface area contributed by atoms with E-state index in [0.717, 1.165) is 10.5 Å². The molecular weight excluding hydrogens is 407 g/mol. The van der Waals surface area contributed by atoms with E-state index in [1.165, 1.54) is 24.3 Å². The minimum absolute atomic E-state index is 0.0292. The minimum Gasteiger partial charge on any atom is -0.478 e. The van der Waals surface area contributed by atoms with Crippen molar-refractivity contribution in [2.75, 3.05) is 11.5 Å². The van der Waals surface area contributed by atoms with E-state index in [9.17, 15) is 22.8 Å². The van der Waals surface area contributed by atoms with Gasteiger partial charge in [0, 0.05) is 23.1 Å². The van der Waals surface area contributed by atoms with Crippen LogP contribution in [-0.2, 0) is 4.79 Å². The highest BCUT2D eigenvalue weighted by molar-refractivity contribution is 8.00. The zero-order valence-corrected chi connectivity index (χ0v) is 16.4. The molecule has 29 heavy (non-hydrogen) atoms. The summed E-state index contributed by atoms with van der Waals surface area (Å²) in [5, 5.41) is 2.65. The molecule has 0 radical (unpaired) electrons. The number of nitrogens with one attached hydrogen (secondary N) is 1. The van der Waals surface area contributed by atoms with E-state index < -0.39 is 23.5 Å². The average Bonchev–Trinajstić information content (AvgIpc) is 2.95. The number of hydrogen-bond acceptors (Lipinski definition) is 5. The normalized spacial score (nSPS) is 18.0. The number of imide groups is 1. The molecule has 0 bridgehead atoms. The number of benzene rings is 1. The average molecular weight is 425 g/mol. The lowest BCUT2D eigenvalue weighted by Gasteiger charge is -2.19. The van der Waals surface area contributed by atoms with Gasteiger partial charge in [-0.25, -0.2) is 14.7 Å². The van der Waals surface area contributed by atoms with Crippen LogP contribution in [0.15, 0.2) is 47.5 Å². The Morgan fingerprint density at radius 1 is 1.24 bits per heavy atom. The van der Waals surface area contributed by atoms with E-state index in [4.69, 9.17) is 4.74 Å². The van der Waals surface area contributed by atoms with Crippen molar-refractivity contribution in [3.05, 3.63) is 48.2 Å². The van der Waals surface area contributed by atoms with Crippen molar-refractivity contribution >= 4 is 29.4 Å². The Hall–Kier alpha value is -2.75. The van der Waals surface area contributed by atoms with E-state index in [1.54, 1.807) is 25.3 Å². The Morgan fingerprint density at radius 2 is 1.93 bits per heavy atom. The summed E-state index contributed by atoms with van der Waals surface area (Å²) in [5.74, 6) is -0.421. The van der Waals surface area contributed by atoms with Crippen molar-refractivity contribution in [2.45, 2.75) is 36.2 Å². The van der Waals surface area contributed by atoms with Gasteiger partial charge >= 0.3 is 11.5 Å². The molecule has 0 aliphatic carbocycles. The van der Waals surface area contributed by atoms with Crippen molar-refractivity contribution in [1.82, 2.24) is 10.3 Å². The predicted octanol–water partition coefficient (Wildman–Crippen LogP) is 4.32. The highest BCUT2D eigenvalue weighted by Gasteiger charge is 2.42. The van der Waals surface area contributed by atoms with E-state index in [-0.39, 0.29) is 28.3 Å². The zero-order valence-electron chi connectivity index (χ0n) is 15.6. The van der Waals surface area contributed by atoms with Crippen LogP contribution in [0, 0.1) is 0 Å². The number of carbonyl (C=O) groups is 2. The van der Waals surface area contributed by atoms with Crippen molar-refractivity contribution < 1.29 is 27.5 Å². The lowest BCUT2D eigenvalue weighted by atomic mass is 9.94. The molecule has 0 spiro atoms. The summed E-state index contributed by atoms with van der Waals surface area (Å²) in [4.78, 5) is 30.2. The molecule has 1 N–H and O–H groups in total. The van der Waals surface area contributed by atoms with E-state index >= 15 is 0 Å². The fourth-order valence-electron chi connectivity index (χ4n) is 3.01. The molecule has 3 amide bonds. The van der Waals surface area contributed by atoms with Gasteiger partial charge in [-0.3, -0.25) is 4.79 Å². The first-order valence-corrected chi connectivity index (χ1v) is 9.60. The third-order valence-corrected chi connectivity index (χ3v) is 5.11. The highest BCUT2D eigenvalue weighted by atomic mass is 32.2. The molecule has 10 heteroatoms. The van der Waals surface area contributed by atoms with Crippen LogP contribution < -0.4 is 15.0 Å². The molecule has 3 rings (SSSR count). The van der Waals surface area contributed by atoms with Crippen LogP contribution in [0.3, 0.4) is 0 Å². The first-order valence-electron chi connectivity index (χ1n) is 8.78. The first-order chi connectivity index (χ1) is 13.7. The van der Waals surface area contributed by atoms with E-state index in [1.807, 2.05) is 6.92 Å². The second kappa shape index (κ2) is 8.32. The maximum Gasteiger partial charge on any atom is 0.446 e. The number of anilines is 1. The SMILES string of the molecule is CCOc1cc(C(C)C2NC(=O)N(c3ccc(SC(F)(F)F)cc3)C2=O)ccn1. The summed E-state index contributed by atoms with van der Waals surface area (Å²) in [6.07, 6.45) is 1.56. The second-order valence-corrected chi connectivity index (χ2v) is 7.43. The highest BCUT2D eigenvalue weighted by Crippen LogP contribution is 2.37. The number of aromatic nitrogens is 1. The maximum absolute atomic E-state index is 12.9. The molecule has 1 aromatic carbocycles. The maximum atomic E-state index is 12.9. The number of pyridine rings is 1. The number of urea groups is 1. The fraction of sp³-hybridized carbons (Fsp3) is 0.316. The van der Waals surface area contributed by atoms with Crippen LogP contribution in [0.25, 0.3) is 0 Å². The molecule has 1 saturated heterocycles. The summed E-state index contributed by atoms with van der Waals surface area (Å²) in [6.45, 7) is 4.07. The number of halogens is 3. The van der Waals surface area contributed by atoms with Crippen LogP contribution in [0.4, 0.5) is 23.7 Å². The molecular formula is C19H18F3N3O3S. The number of rotatable bonds is 6. The van der Waals surface area contributed by atoms with E-state index in [2.05, 4.69) is 10.3 Å². The summed E-state index contributed by atoms with van der Waals surface area (Å²) in [6, 6.07) is 7.09. The van der Waals surface area contributed by atoms with Crippen LogP contribution >= 0.6 is 11.8 Å². The van der Waals surface area contributed by atoms with Gasteiger partial charge in [0.15, 0.2) is 0 Å². The molecule has 1 aromatic heterocycles. The largest absolute Gasteiger partial charge is 0.478 e. The molecule has 1 aliphatic heterocycles. The lowest BCUT2D eigenvalue weighted by molar-refractivity contribution is -0.118. The van der Waals surface area contributed by atoms with Crippen molar-refractivity contribution in [1.29, 1.82) is 0 Å². The van der Waals surface area contributed by atoms with Gasteiger partial charge in [0.1, 0.15) is 6.04 Å². The van der Waals surface area contributed by atoms with Gasteiger partial charge in [0.2, 0.25) is 5.88 Å². The molecule has 154 valence electrons.